The maximum absolute atomic E-state index is 11.9. The predicted molar refractivity (Wildman–Crippen MR) is 69.2 cm³/mol. The molecule has 0 radical (unpaired) electrons. The summed E-state index contributed by atoms with van der Waals surface area (Å²) in [5.41, 5.74) is 6.89. The highest BCUT2D eigenvalue weighted by molar-refractivity contribution is 5.80. The Hall–Kier alpha value is -2.02. The molecule has 2 aromatic rings. The van der Waals surface area contributed by atoms with E-state index in [0.29, 0.717) is 24.7 Å². The van der Waals surface area contributed by atoms with E-state index in [1.165, 1.54) is 4.68 Å². The highest BCUT2D eigenvalue weighted by atomic mass is 16.1. The van der Waals surface area contributed by atoms with Gasteiger partial charge in [-0.1, -0.05) is 5.21 Å². The minimum atomic E-state index is 0.0440. The molecule has 0 aliphatic carbocycles. The van der Waals surface area contributed by atoms with Gasteiger partial charge in [0.25, 0.3) is 0 Å². The summed E-state index contributed by atoms with van der Waals surface area (Å²) in [7, 11) is 0. The number of nitrogens with two attached hydrogens (primary N) is 1. The first kappa shape index (κ1) is 13.4. The lowest BCUT2D eigenvalue weighted by atomic mass is 10.2. The number of Topliss-reactive ketones (excluding diaryl/α,β-unsaturated/α-hetero) is 1. The monoisotopic (exact) mass is 262 g/mol. The van der Waals surface area contributed by atoms with Gasteiger partial charge in [-0.3, -0.25) is 9.48 Å². The Balaban J connectivity index is 1.93. The summed E-state index contributed by atoms with van der Waals surface area (Å²) in [5.74, 6) is 0.0440. The van der Waals surface area contributed by atoms with E-state index in [4.69, 9.17) is 5.73 Å². The lowest BCUT2D eigenvalue weighted by molar-refractivity contribution is -0.119. The van der Waals surface area contributed by atoms with Gasteiger partial charge in [0.2, 0.25) is 0 Å². The minimum absolute atomic E-state index is 0.0440. The van der Waals surface area contributed by atoms with E-state index in [2.05, 4.69) is 15.4 Å². The van der Waals surface area contributed by atoms with Gasteiger partial charge in [0.1, 0.15) is 6.54 Å². The van der Waals surface area contributed by atoms with Crippen molar-refractivity contribution in [1.29, 1.82) is 0 Å². The van der Waals surface area contributed by atoms with Crippen LogP contribution in [0, 0.1) is 0 Å². The molecule has 2 rings (SSSR count). The van der Waals surface area contributed by atoms with Crippen LogP contribution in [-0.4, -0.2) is 30.6 Å². The van der Waals surface area contributed by atoms with E-state index < -0.39 is 0 Å². The molecule has 0 bridgehead atoms. The fourth-order valence-corrected chi connectivity index (χ4v) is 1.71. The molecule has 2 aromatic heterocycles. The van der Waals surface area contributed by atoms with Gasteiger partial charge < -0.3 is 5.73 Å². The van der Waals surface area contributed by atoms with Crippen LogP contribution in [0.1, 0.15) is 31.3 Å². The Kier molecular flexibility index (Phi) is 4.06. The normalized spacial score (nSPS) is 11.2. The molecule has 0 aliphatic rings. The number of hydrogen-bond donors (Lipinski definition) is 1. The first-order valence-electron chi connectivity index (χ1n) is 6.23. The third-order valence-electron chi connectivity index (χ3n) is 2.70. The SMILES string of the molecule is CC(C)n1ccc(CC(=O)Cn2cc(CN)nn2)n1. The maximum Gasteiger partial charge on any atom is 0.160 e. The summed E-state index contributed by atoms with van der Waals surface area (Å²) in [6, 6.07) is 2.16. The molecule has 0 fully saturated rings. The van der Waals surface area contributed by atoms with Gasteiger partial charge in [0, 0.05) is 18.8 Å². The highest BCUT2D eigenvalue weighted by Gasteiger charge is 2.09. The third kappa shape index (κ3) is 3.47. The van der Waals surface area contributed by atoms with Crippen molar-refractivity contribution in [3.8, 4) is 0 Å². The Morgan fingerprint density at radius 3 is 2.79 bits per heavy atom. The Labute approximate surface area is 111 Å². The standard InChI is InChI=1S/C12H18N6O/c1-9(2)18-4-3-10(15-18)5-12(19)8-17-7-11(6-13)14-16-17/h3-4,7,9H,5-6,8,13H2,1-2H3. The van der Waals surface area contributed by atoms with Crippen LogP contribution >= 0.6 is 0 Å². The van der Waals surface area contributed by atoms with Crippen LogP contribution in [0.15, 0.2) is 18.5 Å². The average molecular weight is 262 g/mol. The molecule has 19 heavy (non-hydrogen) atoms. The van der Waals surface area contributed by atoms with Crippen molar-refractivity contribution < 1.29 is 4.79 Å². The number of nitrogens with zero attached hydrogens (tertiary/aromatic N) is 5. The molecule has 102 valence electrons. The van der Waals surface area contributed by atoms with E-state index in [1.54, 1.807) is 6.20 Å². The number of carbonyl (C=O) groups excluding carboxylic acids is 1. The van der Waals surface area contributed by atoms with Crippen molar-refractivity contribution in [3.63, 3.8) is 0 Å². The van der Waals surface area contributed by atoms with E-state index in [-0.39, 0.29) is 12.3 Å². The summed E-state index contributed by atoms with van der Waals surface area (Å²) in [6.45, 7) is 4.61. The Morgan fingerprint density at radius 2 is 2.21 bits per heavy atom. The zero-order valence-electron chi connectivity index (χ0n) is 11.2. The van der Waals surface area contributed by atoms with Crippen LogP contribution in [0.3, 0.4) is 0 Å². The first-order valence-corrected chi connectivity index (χ1v) is 6.23. The fraction of sp³-hybridized carbons (Fsp3) is 0.500. The van der Waals surface area contributed by atoms with Crippen molar-refractivity contribution in [1.82, 2.24) is 24.8 Å². The van der Waals surface area contributed by atoms with Crippen molar-refractivity contribution in [2.24, 2.45) is 5.73 Å². The average Bonchev–Trinajstić information content (AvgIpc) is 2.98. The van der Waals surface area contributed by atoms with Crippen molar-refractivity contribution in [2.75, 3.05) is 0 Å². The summed E-state index contributed by atoms with van der Waals surface area (Å²) in [5, 5.41) is 12.0. The van der Waals surface area contributed by atoms with Gasteiger partial charge in [-0.15, -0.1) is 5.10 Å². The predicted octanol–water partition coefficient (Wildman–Crippen LogP) is 0.326. The smallest absolute Gasteiger partial charge is 0.160 e. The first-order chi connectivity index (χ1) is 9.08. The molecule has 0 saturated carbocycles. The molecule has 0 atom stereocenters. The van der Waals surface area contributed by atoms with Crippen LogP contribution < -0.4 is 5.73 Å². The van der Waals surface area contributed by atoms with Gasteiger partial charge in [0.05, 0.1) is 24.0 Å². The van der Waals surface area contributed by atoms with E-state index in [0.717, 1.165) is 5.69 Å². The fourth-order valence-electron chi connectivity index (χ4n) is 1.71. The summed E-state index contributed by atoms with van der Waals surface area (Å²) >= 11 is 0. The second-order valence-electron chi connectivity index (χ2n) is 4.71. The number of rotatable bonds is 6. The van der Waals surface area contributed by atoms with Crippen LogP contribution in [-0.2, 0) is 24.3 Å². The molecule has 2 N–H and O–H groups in total. The van der Waals surface area contributed by atoms with Crippen molar-refractivity contribution >= 4 is 5.78 Å². The second kappa shape index (κ2) is 5.75. The molecule has 0 aliphatic heterocycles. The lowest BCUT2D eigenvalue weighted by Crippen LogP contribution is -2.14. The number of carbonyl (C=O) groups is 1. The largest absolute Gasteiger partial charge is 0.325 e. The van der Waals surface area contributed by atoms with Crippen molar-refractivity contribution in [3.05, 3.63) is 29.8 Å². The van der Waals surface area contributed by atoms with Gasteiger partial charge in [-0.05, 0) is 19.9 Å². The van der Waals surface area contributed by atoms with Gasteiger partial charge in [-0.2, -0.15) is 5.10 Å². The second-order valence-corrected chi connectivity index (χ2v) is 4.71. The molecule has 0 aromatic carbocycles. The van der Waals surface area contributed by atoms with E-state index in [9.17, 15) is 4.79 Å². The molecule has 7 nitrogen and oxygen atoms in total. The maximum atomic E-state index is 11.9. The Morgan fingerprint density at radius 1 is 1.42 bits per heavy atom. The Bertz CT molecular complexity index is 556. The highest BCUT2D eigenvalue weighted by Crippen LogP contribution is 2.05. The molecular weight excluding hydrogens is 244 g/mol. The van der Waals surface area contributed by atoms with Crippen LogP contribution in [0.5, 0.6) is 0 Å². The number of aromatic nitrogens is 5. The molecule has 2 heterocycles. The quantitative estimate of drug-likeness (QED) is 0.809. The van der Waals surface area contributed by atoms with Crippen LogP contribution in [0.2, 0.25) is 0 Å². The third-order valence-corrected chi connectivity index (χ3v) is 2.70. The van der Waals surface area contributed by atoms with E-state index >= 15 is 0 Å². The van der Waals surface area contributed by atoms with Crippen LogP contribution in [0.4, 0.5) is 0 Å². The molecule has 7 heteroatoms. The zero-order valence-corrected chi connectivity index (χ0v) is 11.2. The molecule has 0 amide bonds. The zero-order chi connectivity index (χ0) is 13.8. The van der Waals surface area contributed by atoms with Crippen molar-refractivity contribution in [2.45, 2.75) is 39.4 Å². The van der Waals surface area contributed by atoms with Gasteiger partial charge in [-0.25, -0.2) is 4.68 Å². The van der Waals surface area contributed by atoms with Crippen LogP contribution in [0.25, 0.3) is 0 Å². The summed E-state index contributed by atoms with van der Waals surface area (Å²) in [6.07, 6.45) is 3.87. The van der Waals surface area contributed by atoms with Gasteiger partial charge in [0.15, 0.2) is 5.78 Å². The molecule has 0 unspecified atom stereocenters. The topological polar surface area (TPSA) is 91.6 Å². The number of hydrogen-bond acceptors (Lipinski definition) is 5. The molecule has 0 saturated heterocycles. The summed E-state index contributed by atoms with van der Waals surface area (Å²) in [4.78, 5) is 11.9. The molecule has 0 spiro atoms. The minimum Gasteiger partial charge on any atom is -0.325 e. The number of ketones is 1. The van der Waals surface area contributed by atoms with E-state index in [1.807, 2.05) is 30.8 Å². The lowest BCUT2D eigenvalue weighted by Gasteiger charge is -2.03. The molecular formula is C12H18N6O. The van der Waals surface area contributed by atoms with Gasteiger partial charge >= 0.3 is 0 Å². The summed E-state index contributed by atoms with van der Waals surface area (Å²) < 4.78 is 3.34.